The van der Waals surface area contributed by atoms with Crippen LogP contribution in [0.3, 0.4) is 0 Å². The second kappa shape index (κ2) is 4.54. The van der Waals surface area contributed by atoms with Gasteiger partial charge >= 0.3 is 6.18 Å². The van der Waals surface area contributed by atoms with Gasteiger partial charge in [0.15, 0.2) is 0 Å². The van der Waals surface area contributed by atoms with E-state index in [4.69, 9.17) is 0 Å². The van der Waals surface area contributed by atoms with Crippen LogP contribution >= 0.6 is 0 Å². The molecule has 0 unspecified atom stereocenters. The van der Waals surface area contributed by atoms with Crippen molar-refractivity contribution >= 4 is 5.69 Å². The van der Waals surface area contributed by atoms with Crippen molar-refractivity contribution in [3.63, 3.8) is 0 Å². The summed E-state index contributed by atoms with van der Waals surface area (Å²) in [5.74, 6) is 0. The minimum absolute atomic E-state index is 0.285. The number of hydrogen-bond donors (Lipinski definition) is 0. The summed E-state index contributed by atoms with van der Waals surface area (Å²) in [7, 11) is 0. The quantitative estimate of drug-likeness (QED) is 0.726. The lowest BCUT2D eigenvalue weighted by molar-refractivity contribution is -0.137. The van der Waals surface area contributed by atoms with Gasteiger partial charge in [-0.25, -0.2) is 0 Å². The van der Waals surface area contributed by atoms with E-state index in [9.17, 15) is 13.2 Å². The maximum absolute atomic E-state index is 12.5. The molecule has 104 valence electrons. The largest absolute Gasteiger partial charge is 0.416 e. The fourth-order valence-corrected chi connectivity index (χ4v) is 2.34. The molecular formula is C16H14F3N. The molecule has 0 bridgehead atoms. The van der Waals surface area contributed by atoms with Gasteiger partial charge in [0, 0.05) is 12.2 Å². The highest BCUT2D eigenvalue weighted by Crippen LogP contribution is 2.40. The van der Waals surface area contributed by atoms with Gasteiger partial charge < -0.3 is 4.90 Å². The number of nitrogens with zero attached hydrogens (tertiary/aromatic N) is 1. The van der Waals surface area contributed by atoms with E-state index in [1.54, 1.807) is 0 Å². The predicted molar refractivity (Wildman–Crippen MR) is 72.7 cm³/mol. The first kappa shape index (κ1) is 13.0. The van der Waals surface area contributed by atoms with Crippen molar-refractivity contribution in [3.05, 3.63) is 65.2 Å². The van der Waals surface area contributed by atoms with E-state index >= 15 is 0 Å². The fourth-order valence-electron chi connectivity index (χ4n) is 2.34. The molecular weight excluding hydrogens is 263 g/mol. The average molecular weight is 277 g/mol. The van der Waals surface area contributed by atoms with E-state index in [0.29, 0.717) is 0 Å². The molecule has 1 fully saturated rings. The normalized spacial score (nSPS) is 18.2. The highest BCUT2D eigenvalue weighted by Gasteiger charge is 2.36. The number of rotatable bonds is 2. The zero-order valence-electron chi connectivity index (χ0n) is 11.0. The molecule has 0 saturated carbocycles. The molecule has 2 aromatic rings. The molecule has 1 saturated heterocycles. The van der Waals surface area contributed by atoms with Gasteiger partial charge in [0.05, 0.1) is 11.6 Å². The van der Waals surface area contributed by atoms with Crippen LogP contribution in [-0.4, -0.2) is 6.54 Å². The minimum atomic E-state index is -4.27. The molecule has 1 nitrogen and oxygen atoms in total. The molecule has 1 atom stereocenters. The van der Waals surface area contributed by atoms with Crippen molar-refractivity contribution < 1.29 is 13.2 Å². The molecule has 3 rings (SSSR count). The highest BCUT2D eigenvalue weighted by molar-refractivity contribution is 5.57. The van der Waals surface area contributed by atoms with Gasteiger partial charge in [-0.15, -0.1) is 0 Å². The van der Waals surface area contributed by atoms with Crippen LogP contribution in [0, 0.1) is 6.92 Å². The van der Waals surface area contributed by atoms with Crippen molar-refractivity contribution in [2.24, 2.45) is 0 Å². The molecule has 20 heavy (non-hydrogen) atoms. The Bertz CT molecular complexity index is 599. The molecule has 1 heterocycles. The van der Waals surface area contributed by atoms with Gasteiger partial charge in [-0.05, 0) is 36.8 Å². The number of hydrogen-bond acceptors (Lipinski definition) is 1. The summed E-state index contributed by atoms with van der Waals surface area (Å²) in [4.78, 5) is 2.09. The lowest BCUT2D eigenvalue weighted by atomic mass is 10.1. The summed E-state index contributed by atoms with van der Waals surface area (Å²) in [6, 6.07) is 13.9. The van der Waals surface area contributed by atoms with Crippen LogP contribution in [0.4, 0.5) is 18.9 Å². The first-order valence-corrected chi connectivity index (χ1v) is 6.45. The molecule has 0 aliphatic carbocycles. The molecule has 2 aromatic carbocycles. The monoisotopic (exact) mass is 277 g/mol. The number of halogens is 3. The molecule has 0 aromatic heterocycles. The smallest absolute Gasteiger partial charge is 0.360 e. The Morgan fingerprint density at radius 1 is 0.950 bits per heavy atom. The molecule has 0 N–H and O–H groups in total. The van der Waals surface area contributed by atoms with Gasteiger partial charge in [-0.3, -0.25) is 0 Å². The van der Waals surface area contributed by atoms with Crippen molar-refractivity contribution in [1.29, 1.82) is 0 Å². The van der Waals surface area contributed by atoms with Gasteiger partial charge in [0.1, 0.15) is 0 Å². The maximum Gasteiger partial charge on any atom is 0.416 e. The number of anilines is 1. The van der Waals surface area contributed by atoms with Crippen LogP contribution in [0.5, 0.6) is 0 Å². The van der Waals surface area contributed by atoms with Crippen LogP contribution in [0.15, 0.2) is 48.5 Å². The Morgan fingerprint density at radius 2 is 1.55 bits per heavy atom. The van der Waals surface area contributed by atoms with Crippen molar-refractivity contribution in [2.75, 3.05) is 11.4 Å². The summed E-state index contributed by atoms with van der Waals surface area (Å²) in [5, 5.41) is 0. The third-order valence-electron chi connectivity index (χ3n) is 3.60. The van der Waals surface area contributed by atoms with Crippen LogP contribution in [-0.2, 0) is 6.18 Å². The highest BCUT2D eigenvalue weighted by atomic mass is 19.4. The molecule has 0 spiro atoms. The zero-order valence-corrected chi connectivity index (χ0v) is 11.0. The number of aryl methyl sites for hydroxylation is 1. The third-order valence-corrected chi connectivity index (χ3v) is 3.60. The summed E-state index contributed by atoms with van der Waals surface area (Å²) < 4.78 is 37.5. The predicted octanol–water partition coefficient (Wildman–Crippen LogP) is 4.58. The average Bonchev–Trinajstić information content (AvgIpc) is 3.19. The van der Waals surface area contributed by atoms with E-state index in [0.717, 1.165) is 24.4 Å². The van der Waals surface area contributed by atoms with E-state index in [1.807, 2.05) is 6.92 Å². The summed E-state index contributed by atoms with van der Waals surface area (Å²) in [6.45, 7) is 2.89. The van der Waals surface area contributed by atoms with Crippen LogP contribution in [0.25, 0.3) is 0 Å². The molecule has 4 heteroatoms. The second-order valence-corrected chi connectivity index (χ2v) is 5.12. The van der Waals surface area contributed by atoms with Gasteiger partial charge in [0.25, 0.3) is 0 Å². The lowest BCUT2D eigenvalue weighted by Gasteiger charge is -2.09. The van der Waals surface area contributed by atoms with Crippen LogP contribution in [0.1, 0.15) is 22.7 Å². The van der Waals surface area contributed by atoms with Crippen molar-refractivity contribution in [1.82, 2.24) is 0 Å². The third kappa shape index (κ3) is 2.50. The standard InChI is InChI=1S/C16H14F3N/c1-11-2-4-12(5-3-11)15-10-20(15)14-8-6-13(7-9-14)16(17,18)19/h2-9,15H,10H2,1H3/t15-,20?/m1/s1. The van der Waals surface area contributed by atoms with E-state index in [1.165, 1.54) is 23.3 Å². The van der Waals surface area contributed by atoms with Crippen LogP contribution < -0.4 is 4.90 Å². The van der Waals surface area contributed by atoms with Crippen LogP contribution in [0.2, 0.25) is 0 Å². The van der Waals surface area contributed by atoms with Gasteiger partial charge in [0.2, 0.25) is 0 Å². The molecule has 1 aliphatic rings. The Morgan fingerprint density at radius 3 is 2.10 bits per heavy atom. The van der Waals surface area contributed by atoms with E-state index < -0.39 is 11.7 Å². The Balaban J connectivity index is 1.74. The molecule has 1 aliphatic heterocycles. The Kier molecular flexibility index (Phi) is 2.96. The maximum atomic E-state index is 12.5. The SMILES string of the molecule is Cc1ccc([C@H]2CN2c2ccc(C(F)(F)F)cc2)cc1. The summed E-state index contributed by atoms with van der Waals surface area (Å²) >= 11 is 0. The second-order valence-electron chi connectivity index (χ2n) is 5.12. The number of alkyl halides is 3. The topological polar surface area (TPSA) is 3.01 Å². The first-order chi connectivity index (χ1) is 9.45. The Labute approximate surface area is 115 Å². The van der Waals surface area contributed by atoms with E-state index in [-0.39, 0.29) is 6.04 Å². The zero-order chi connectivity index (χ0) is 14.3. The van der Waals surface area contributed by atoms with Crippen molar-refractivity contribution in [2.45, 2.75) is 19.1 Å². The van der Waals surface area contributed by atoms with Crippen molar-refractivity contribution in [3.8, 4) is 0 Å². The lowest BCUT2D eigenvalue weighted by Crippen LogP contribution is -2.04. The summed E-state index contributed by atoms with van der Waals surface area (Å²) in [5.41, 5.74) is 2.64. The Hall–Kier alpha value is -1.97. The van der Waals surface area contributed by atoms with E-state index in [2.05, 4.69) is 29.2 Å². The first-order valence-electron chi connectivity index (χ1n) is 6.45. The molecule has 0 amide bonds. The van der Waals surface area contributed by atoms with Gasteiger partial charge in [-0.2, -0.15) is 13.2 Å². The molecule has 0 radical (unpaired) electrons. The fraction of sp³-hybridized carbons (Fsp3) is 0.250. The minimum Gasteiger partial charge on any atom is -0.360 e. The van der Waals surface area contributed by atoms with Gasteiger partial charge in [-0.1, -0.05) is 29.8 Å². The number of benzene rings is 2. The summed E-state index contributed by atoms with van der Waals surface area (Å²) in [6.07, 6.45) is -4.27.